The molecule has 0 aliphatic carbocycles. The summed E-state index contributed by atoms with van der Waals surface area (Å²) in [5.41, 5.74) is 7.38. The maximum Gasteiger partial charge on any atom is 0.246 e. The quantitative estimate of drug-likeness (QED) is 0.751. The maximum atomic E-state index is 12.4. The third kappa shape index (κ3) is 1.67. The number of amides is 2. The number of carbonyl (C=O) groups is 2. The summed E-state index contributed by atoms with van der Waals surface area (Å²) >= 11 is 0. The van der Waals surface area contributed by atoms with Crippen LogP contribution in [-0.2, 0) is 16.0 Å². The largest absolute Gasteiger partial charge is 0.308 e. The second kappa shape index (κ2) is 4.10. The number of carbonyl (C=O) groups excluding carboxylic acids is 2. The Hall–Kier alpha value is -1.88. The van der Waals surface area contributed by atoms with Gasteiger partial charge in [-0.15, -0.1) is 0 Å². The predicted octanol–water partition coefficient (Wildman–Crippen LogP) is 0.357. The number of rotatable bonds is 1. The van der Waals surface area contributed by atoms with Gasteiger partial charge in [0.1, 0.15) is 6.04 Å². The summed E-state index contributed by atoms with van der Waals surface area (Å²) < 4.78 is 0. The standard InChI is InChI=1S/C13H15N3O2/c1-8-6-9-4-2-3-5-11(9)16(8)13(18)10-7-12(17)15-14-10/h2-5,8,10,14H,6-7H2,1H3,(H,15,17). The van der Waals surface area contributed by atoms with Gasteiger partial charge in [0, 0.05) is 11.7 Å². The molecule has 0 bridgehead atoms. The van der Waals surface area contributed by atoms with Crippen molar-refractivity contribution >= 4 is 17.5 Å². The van der Waals surface area contributed by atoms with Crippen LogP contribution in [0.5, 0.6) is 0 Å². The molecule has 2 N–H and O–H groups in total. The molecule has 2 unspecified atom stereocenters. The molecule has 18 heavy (non-hydrogen) atoms. The SMILES string of the molecule is CC1Cc2ccccc2N1C(=O)C1CC(=O)NN1. The van der Waals surface area contributed by atoms with Gasteiger partial charge < -0.3 is 4.90 Å². The Morgan fingerprint density at radius 3 is 2.83 bits per heavy atom. The highest BCUT2D eigenvalue weighted by molar-refractivity contribution is 6.02. The van der Waals surface area contributed by atoms with Crippen LogP contribution in [0.2, 0.25) is 0 Å². The molecule has 2 heterocycles. The Bertz CT molecular complexity index is 515. The normalized spacial score (nSPS) is 26.1. The van der Waals surface area contributed by atoms with E-state index in [9.17, 15) is 9.59 Å². The number of hydrogen-bond acceptors (Lipinski definition) is 3. The van der Waals surface area contributed by atoms with E-state index in [4.69, 9.17) is 0 Å². The fraction of sp³-hybridized carbons (Fsp3) is 0.385. The topological polar surface area (TPSA) is 61.4 Å². The minimum Gasteiger partial charge on any atom is -0.308 e. The van der Waals surface area contributed by atoms with Gasteiger partial charge >= 0.3 is 0 Å². The first-order valence-electron chi connectivity index (χ1n) is 6.12. The van der Waals surface area contributed by atoms with E-state index in [1.807, 2.05) is 31.2 Å². The molecule has 5 heteroatoms. The number of fused-ring (bicyclic) bond motifs is 1. The monoisotopic (exact) mass is 245 g/mol. The molecular weight excluding hydrogens is 230 g/mol. The number of nitrogens with zero attached hydrogens (tertiary/aromatic N) is 1. The van der Waals surface area contributed by atoms with Crippen LogP contribution in [0, 0.1) is 0 Å². The molecule has 0 radical (unpaired) electrons. The molecule has 1 aromatic rings. The second-order valence-electron chi connectivity index (χ2n) is 4.84. The summed E-state index contributed by atoms with van der Waals surface area (Å²) in [5, 5.41) is 0. The first-order valence-corrected chi connectivity index (χ1v) is 6.12. The van der Waals surface area contributed by atoms with Crippen molar-refractivity contribution in [3.8, 4) is 0 Å². The molecule has 1 saturated heterocycles. The summed E-state index contributed by atoms with van der Waals surface area (Å²) in [6, 6.07) is 7.62. The molecule has 2 atom stereocenters. The summed E-state index contributed by atoms with van der Waals surface area (Å²) in [4.78, 5) is 25.4. The fourth-order valence-electron chi connectivity index (χ4n) is 2.67. The Morgan fingerprint density at radius 1 is 1.33 bits per heavy atom. The van der Waals surface area contributed by atoms with E-state index < -0.39 is 6.04 Å². The van der Waals surface area contributed by atoms with Crippen LogP contribution in [0.15, 0.2) is 24.3 Å². The van der Waals surface area contributed by atoms with Gasteiger partial charge in [0.2, 0.25) is 11.8 Å². The lowest BCUT2D eigenvalue weighted by molar-refractivity contribution is -0.123. The Labute approximate surface area is 105 Å². The summed E-state index contributed by atoms with van der Waals surface area (Å²) in [7, 11) is 0. The maximum absolute atomic E-state index is 12.4. The third-order valence-electron chi connectivity index (χ3n) is 3.52. The third-order valence-corrected chi connectivity index (χ3v) is 3.52. The molecule has 0 aromatic heterocycles. The number of para-hydroxylation sites is 1. The molecule has 3 rings (SSSR count). The van der Waals surface area contributed by atoms with Crippen LogP contribution in [0.3, 0.4) is 0 Å². The van der Waals surface area contributed by atoms with E-state index in [1.165, 1.54) is 5.56 Å². The van der Waals surface area contributed by atoms with Gasteiger partial charge in [0.25, 0.3) is 0 Å². The highest BCUT2D eigenvalue weighted by atomic mass is 16.2. The molecule has 2 amide bonds. The molecule has 0 spiro atoms. The lowest BCUT2D eigenvalue weighted by Gasteiger charge is -2.25. The van der Waals surface area contributed by atoms with E-state index in [2.05, 4.69) is 10.9 Å². The van der Waals surface area contributed by atoms with Crippen molar-refractivity contribution in [1.29, 1.82) is 0 Å². The molecule has 1 fully saturated rings. The van der Waals surface area contributed by atoms with Crippen molar-refractivity contribution in [3.05, 3.63) is 29.8 Å². The van der Waals surface area contributed by atoms with Crippen molar-refractivity contribution in [2.24, 2.45) is 0 Å². The van der Waals surface area contributed by atoms with Gasteiger partial charge in [-0.05, 0) is 25.0 Å². The number of hydrazine groups is 1. The second-order valence-corrected chi connectivity index (χ2v) is 4.84. The predicted molar refractivity (Wildman–Crippen MR) is 66.8 cm³/mol. The zero-order valence-corrected chi connectivity index (χ0v) is 10.1. The van der Waals surface area contributed by atoms with Crippen LogP contribution in [0.25, 0.3) is 0 Å². The molecule has 94 valence electrons. The highest BCUT2D eigenvalue weighted by Crippen LogP contribution is 2.32. The van der Waals surface area contributed by atoms with E-state index in [1.54, 1.807) is 4.90 Å². The van der Waals surface area contributed by atoms with Crippen LogP contribution in [-0.4, -0.2) is 23.9 Å². The minimum atomic E-state index is -0.453. The van der Waals surface area contributed by atoms with Gasteiger partial charge in [-0.2, -0.15) is 0 Å². The van der Waals surface area contributed by atoms with E-state index in [-0.39, 0.29) is 24.3 Å². The summed E-state index contributed by atoms with van der Waals surface area (Å²) in [5.74, 6) is -0.167. The average molecular weight is 245 g/mol. The van der Waals surface area contributed by atoms with Gasteiger partial charge in [-0.3, -0.25) is 15.0 Å². The van der Waals surface area contributed by atoms with Crippen molar-refractivity contribution in [2.75, 3.05) is 4.90 Å². The van der Waals surface area contributed by atoms with Crippen LogP contribution in [0.1, 0.15) is 18.9 Å². The lowest BCUT2D eigenvalue weighted by Crippen LogP contribution is -2.47. The fourth-order valence-corrected chi connectivity index (χ4v) is 2.67. The number of hydrogen-bond donors (Lipinski definition) is 2. The summed E-state index contributed by atoms with van der Waals surface area (Å²) in [6.45, 7) is 2.03. The van der Waals surface area contributed by atoms with Crippen molar-refractivity contribution < 1.29 is 9.59 Å². The molecule has 2 aliphatic heterocycles. The van der Waals surface area contributed by atoms with Crippen LogP contribution >= 0.6 is 0 Å². The molecular formula is C13H15N3O2. The van der Waals surface area contributed by atoms with Crippen molar-refractivity contribution in [2.45, 2.75) is 31.8 Å². The molecule has 2 aliphatic rings. The number of anilines is 1. The molecule has 1 aromatic carbocycles. The Kier molecular flexibility index (Phi) is 2.56. The van der Waals surface area contributed by atoms with Crippen LogP contribution in [0.4, 0.5) is 5.69 Å². The van der Waals surface area contributed by atoms with Gasteiger partial charge in [-0.25, -0.2) is 5.43 Å². The first-order chi connectivity index (χ1) is 8.66. The van der Waals surface area contributed by atoms with Gasteiger partial charge in [0.15, 0.2) is 0 Å². The van der Waals surface area contributed by atoms with Gasteiger partial charge in [0.05, 0.1) is 6.42 Å². The zero-order valence-electron chi connectivity index (χ0n) is 10.1. The highest BCUT2D eigenvalue weighted by Gasteiger charge is 2.37. The zero-order chi connectivity index (χ0) is 12.7. The van der Waals surface area contributed by atoms with Crippen molar-refractivity contribution in [1.82, 2.24) is 10.9 Å². The Balaban J connectivity index is 1.88. The Morgan fingerprint density at radius 2 is 2.11 bits per heavy atom. The first kappa shape index (κ1) is 11.2. The molecule has 5 nitrogen and oxygen atoms in total. The average Bonchev–Trinajstić information content (AvgIpc) is 2.91. The number of nitrogens with one attached hydrogen (secondary N) is 2. The molecule has 0 saturated carbocycles. The van der Waals surface area contributed by atoms with E-state index >= 15 is 0 Å². The van der Waals surface area contributed by atoms with Crippen LogP contribution < -0.4 is 15.8 Å². The summed E-state index contributed by atoms with van der Waals surface area (Å²) in [6.07, 6.45) is 1.08. The smallest absolute Gasteiger partial charge is 0.246 e. The van der Waals surface area contributed by atoms with Gasteiger partial charge in [-0.1, -0.05) is 18.2 Å². The van der Waals surface area contributed by atoms with E-state index in [0.29, 0.717) is 0 Å². The lowest BCUT2D eigenvalue weighted by atomic mass is 10.1. The minimum absolute atomic E-state index is 0.0363. The number of benzene rings is 1. The van der Waals surface area contributed by atoms with Crippen molar-refractivity contribution in [3.63, 3.8) is 0 Å². The van der Waals surface area contributed by atoms with E-state index in [0.717, 1.165) is 12.1 Å².